The normalized spacial score (nSPS) is 21.3. The maximum atomic E-state index is 12.2. The van der Waals surface area contributed by atoms with E-state index in [1.54, 1.807) is 6.20 Å². The molecular weight excluding hydrogens is 284 g/mol. The second kappa shape index (κ2) is 7.64. The lowest BCUT2D eigenvalue weighted by Crippen LogP contribution is -2.42. The topological polar surface area (TPSA) is 58.1 Å². The van der Waals surface area contributed by atoms with E-state index in [1.165, 1.54) is 6.42 Å². The fourth-order valence-corrected chi connectivity index (χ4v) is 3.85. The second-order valence-electron chi connectivity index (χ2n) is 5.41. The number of carbonyl (C=O) groups is 1. The predicted molar refractivity (Wildman–Crippen MR) is 86.3 cm³/mol. The minimum Gasteiger partial charge on any atom is -0.332 e. The molecule has 1 fully saturated rings. The quantitative estimate of drug-likeness (QED) is 0.908. The molecule has 1 saturated carbocycles. The molecule has 2 atom stereocenters. The molecule has 21 heavy (non-hydrogen) atoms. The van der Waals surface area contributed by atoms with Gasteiger partial charge in [-0.2, -0.15) is 11.8 Å². The summed E-state index contributed by atoms with van der Waals surface area (Å²) in [6.07, 6.45) is 5.15. The summed E-state index contributed by atoms with van der Waals surface area (Å²) >= 11 is 2.01. The summed E-state index contributed by atoms with van der Waals surface area (Å²) in [5, 5.41) is 3.65. The summed E-state index contributed by atoms with van der Waals surface area (Å²) in [6.45, 7) is 4.49. The smallest absolute Gasteiger partial charge is 0.317 e. The Morgan fingerprint density at radius 2 is 2.33 bits per heavy atom. The highest BCUT2D eigenvalue weighted by molar-refractivity contribution is 7.99. The van der Waals surface area contributed by atoms with Gasteiger partial charge in [0, 0.05) is 24.5 Å². The molecule has 1 heterocycles. The zero-order valence-corrected chi connectivity index (χ0v) is 13.8. The van der Waals surface area contributed by atoms with Crippen molar-refractivity contribution in [2.45, 2.75) is 50.9 Å². The average Bonchev–Trinajstić information content (AvgIpc) is 2.93. The van der Waals surface area contributed by atoms with Crippen molar-refractivity contribution < 1.29 is 4.79 Å². The molecule has 0 bridgehead atoms. The Kier molecular flexibility index (Phi) is 5.85. The third kappa shape index (κ3) is 4.59. The van der Waals surface area contributed by atoms with Gasteiger partial charge in [-0.1, -0.05) is 6.92 Å². The van der Waals surface area contributed by atoms with Crippen LogP contribution in [0.5, 0.6) is 0 Å². The van der Waals surface area contributed by atoms with Crippen LogP contribution in [0, 0.1) is 6.92 Å². The molecule has 1 aliphatic rings. The van der Waals surface area contributed by atoms with E-state index in [-0.39, 0.29) is 6.03 Å². The summed E-state index contributed by atoms with van der Waals surface area (Å²) in [7, 11) is 1.89. The second-order valence-corrected chi connectivity index (χ2v) is 6.99. The molecule has 0 aromatic carbocycles. The molecule has 0 radical (unpaired) electrons. The first kappa shape index (κ1) is 16.1. The Hall–Kier alpha value is -1.30. The van der Waals surface area contributed by atoms with Gasteiger partial charge in [-0.3, -0.25) is 0 Å². The standard InChI is InChI=1S/C15H24N4OS/c1-4-21-14-6-5-13(9-14)19(3)15(20)17-10-12-7-8-16-11(2)18-12/h7-8,13-14H,4-6,9-10H2,1-3H3,(H,17,20)/t13-,14-/m0/s1. The number of hydrogen-bond acceptors (Lipinski definition) is 4. The van der Waals surface area contributed by atoms with Gasteiger partial charge in [-0.15, -0.1) is 0 Å². The van der Waals surface area contributed by atoms with E-state index < -0.39 is 0 Å². The molecule has 2 rings (SSSR count). The third-order valence-electron chi connectivity index (χ3n) is 3.88. The van der Waals surface area contributed by atoms with Crippen molar-refractivity contribution in [2.75, 3.05) is 12.8 Å². The number of aromatic nitrogens is 2. The van der Waals surface area contributed by atoms with Crippen LogP contribution in [0.15, 0.2) is 12.3 Å². The largest absolute Gasteiger partial charge is 0.332 e. The van der Waals surface area contributed by atoms with E-state index in [9.17, 15) is 4.79 Å². The van der Waals surface area contributed by atoms with E-state index >= 15 is 0 Å². The lowest BCUT2D eigenvalue weighted by molar-refractivity contribution is 0.190. The number of nitrogens with one attached hydrogen (secondary N) is 1. The van der Waals surface area contributed by atoms with Crippen molar-refractivity contribution in [1.82, 2.24) is 20.2 Å². The average molecular weight is 308 g/mol. The molecule has 2 amide bonds. The maximum Gasteiger partial charge on any atom is 0.317 e. The summed E-state index contributed by atoms with van der Waals surface area (Å²) in [4.78, 5) is 22.4. The van der Waals surface area contributed by atoms with E-state index in [2.05, 4.69) is 22.2 Å². The van der Waals surface area contributed by atoms with Gasteiger partial charge in [0.1, 0.15) is 5.82 Å². The molecule has 1 aliphatic carbocycles. The Morgan fingerprint density at radius 3 is 3.05 bits per heavy atom. The number of rotatable bonds is 5. The van der Waals surface area contributed by atoms with Crippen LogP contribution in [0.4, 0.5) is 4.79 Å². The van der Waals surface area contributed by atoms with Crippen LogP contribution in [-0.4, -0.2) is 45.0 Å². The van der Waals surface area contributed by atoms with Crippen molar-refractivity contribution in [2.24, 2.45) is 0 Å². The van der Waals surface area contributed by atoms with Crippen LogP contribution in [0.1, 0.15) is 37.7 Å². The van der Waals surface area contributed by atoms with Crippen molar-refractivity contribution in [1.29, 1.82) is 0 Å². The van der Waals surface area contributed by atoms with Crippen LogP contribution >= 0.6 is 11.8 Å². The van der Waals surface area contributed by atoms with E-state index in [0.29, 0.717) is 17.8 Å². The fraction of sp³-hybridized carbons (Fsp3) is 0.667. The molecule has 5 nitrogen and oxygen atoms in total. The minimum absolute atomic E-state index is 0.0154. The summed E-state index contributed by atoms with van der Waals surface area (Å²) in [5.74, 6) is 1.88. The molecule has 0 unspecified atom stereocenters. The molecule has 1 N–H and O–H groups in total. The Morgan fingerprint density at radius 1 is 1.52 bits per heavy atom. The van der Waals surface area contributed by atoms with Gasteiger partial charge in [-0.05, 0) is 38.0 Å². The first-order valence-corrected chi connectivity index (χ1v) is 8.55. The van der Waals surface area contributed by atoms with Crippen LogP contribution < -0.4 is 5.32 Å². The van der Waals surface area contributed by atoms with Gasteiger partial charge < -0.3 is 10.2 Å². The van der Waals surface area contributed by atoms with Crippen molar-refractivity contribution >= 4 is 17.8 Å². The van der Waals surface area contributed by atoms with Crippen molar-refractivity contribution in [3.63, 3.8) is 0 Å². The number of nitrogens with zero attached hydrogens (tertiary/aromatic N) is 3. The molecule has 116 valence electrons. The van der Waals surface area contributed by atoms with E-state index in [0.717, 1.165) is 30.1 Å². The Balaban J connectivity index is 1.80. The molecule has 0 aliphatic heterocycles. The number of amides is 2. The Bertz CT molecular complexity index is 482. The Labute approximate surface area is 130 Å². The SMILES string of the molecule is CCS[C@H]1CC[C@H](N(C)C(=O)NCc2ccnc(C)n2)C1. The lowest BCUT2D eigenvalue weighted by atomic mass is 10.2. The maximum absolute atomic E-state index is 12.2. The van der Waals surface area contributed by atoms with Crippen LogP contribution in [0.25, 0.3) is 0 Å². The summed E-state index contributed by atoms with van der Waals surface area (Å²) < 4.78 is 0. The first-order chi connectivity index (χ1) is 10.1. The monoisotopic (exact) mass is 308 g/mol. The van der Waals surface area contributed by atoms with Crippen molar-refractivity contribution in [3.05, 3.63) is 23.8 Å². The molecular formula is C15H24N4OS. The van der Waals surface area contributed by atoms with E-state index in [1.807, 2.05) is 36.7 Å². The predicted octanol–water partition coefficient (Wildman–Crippen LogP) is 2.60. The number of hydrogen-bond donors (Lipinski definition) is 1. The fourth-order valence-electron chi connectivity index (χ4n) is 2.72. The van der Waals surface area contributed by atoms with Crippen molar-refractivity contribution in [3.8, 4) is 0 Å². The summed E-state index contributed by atoms with van der Waals surface area (Å²) in [6, 6.07) is 2.18. The molecule has 6 heteroatoms. The highest BCUT2D eigenvalue weighted by atomic mass is 32.2. The number of aryl methyl sites for hydroxylation is 1. The lowest BCUT2D eigenvalue weighted by Gasteiger charge is -2.25. The summed E-state index contributed by atoms with van der Waals surface area (Å²) in [5.41, 5.74) is 0.843. The van der Waals surface area contributed by atoms with Gasteiger partial charge >= 0.3 is 6.03 Å². The highest BCUT2D eigenvalue weighted by Gasteiger charge is 2.29. The first-order valence-electron chi connectivity index (χ1n) is 7.51. The van der Waals surface area contributed by atoms with Gasteiger partial charge in [0.15, 0.2) is 0 Å². The number of carbonyl (C=O) groups excluding carboxylic acids is 1. The number of urea groups is 1. The number of thioether (sulfide) groups is 1. The third-order valence-corrected chi connectivity index (χ3v) is 5.11. The van der Waals surface area contributed by atoms with Gasteiger partial charge in [0.2, 0.25) is 0 Å². The van der Waals surface area contributed by atoms with Gasteiger partial charge in [0.25, 0.3) is 0 Å². The van der Waals surface area contributed by atoms with Crippen LogP contribution in [0.2, 0.25) is 0 Å². The zero-order chi connectivity index (χ0) is 15.2. The highest BCUT2D eigenvalue weighted by Crippen LogP contribution is 2.32. The van der Waals surface area contributed by atoms with Crippen LogP contribution in [-0.2, 0) is 6.54 Å². The molecule has 1 aromatic rings. The minimum atomic E-state index is -0.0154. The zero-order valence-electron chi connectivity index (χ0n) is 13.0. The van der Waals surface area contributed by atoms with Crippen LogP contribution in [0.3, 0.4) is 0 Å². The molecule has 0 spiro atoms. The van der Waals surface area contributed by atoms with Gasteiger partial charge in [0.05, 0.1) is 12.2 Å². The van der Waals surface area contributed by atoms with E-state index in [4.69, 9.17) is 0 Å². The molecule has 1 aromatic heterocycles. The molecule has 0 saturated heterocycles. The van der Waals surface area contributed by atoms with Gasteiger partial charge in [-0.25, -0.2) is 14.8 Å².